The molecule has 1 atom stereocenters. The number of unbranched alkanes of at least 4 members (excludes halogenated alkanes) is 1. The van der Waals surface area contributed by atoms with Crippen molar-refractivity contribution in [3.05, 3.63) is 22.7 Å². The van der Waals surface area contributed by atoms with Crippen LogP contribution < -0.4 is 10.5 Å². The summed E-state index contributed by atoms with van der Waals surface area (Å²) in [6.07, 6.45) is 7.12. The average Bonchev–Trinajstić information content (AvgIpc) is 2.56. The number of nitrogens with two attached hydrogens (primary N) is 1. The van der Waals surface area contributed by atoms with Crippen molar-refractivity contribution in [2.75, 3.05) is 25.4 Å². The van der Waals surface area contributed by atoms with Crippen LogP contribution in [0.25, 0.3) is 0 Å². The number of ether oxygens (including phenoxy) is 1. The van der Waals surface area contributed by atoms with Gasteiger partial charge in [0, 0.05) is 24.1 Å². The van der Waals surface area contributed by atoms with Gasteiger partial charge in [-0.05, 0) is 51.8 Å². The maximum atomic E-state index is 10.7. The number of benzene rings is 1. The lowest BCUT2D eigenvalue weighted by atomic mass is 9.95. The first kappa shape index (κ1) is 18.1. The first-order valence-corrected chi connectivity index (χ1v) is 8.94. The van der Waals surface area contributed by atoms with Crippen LogP contribution in [0.2, 0.25) is 5.02 Å². The zero-order chi connectivity index (χ0) is 16.7. The van der Waals surface area contributed by atoms with E-state index in [0.717, 1.165) is 43.5 Å². The van der Waals surface area contributed by atoms with Crippen LogP contribution in [0.4, 0.5) is 5.69 Å². The normalized spacial score (nSPS) is 17.0. The van der Waals surface area contributed by atoms with E-state index in [1.54, 1.807) is 0 Å². The lowest BCUT2D eigenvalue weighted by Crippen LogP contribution is -2.34. The number of hydrogen-bond acceptors (Lipinski definition) is 4. The van der Waals surface area contributed by atoms with Crippen molar-refractivity contribution in [2.45, 2.75) is 51.5 Å². The Kier molecular flexibility index (Phi) is 7.18. The second-order valence-electron chi connectivity index (χ2n) is 6.05. The van der Waals surface area contributed by atoms with Crippen LogP contribution in [-0.4, -0.2) is 30.9 Å². The number of nitrogen functional groups attached to an aromatic ring is 1. The third kappa shape index (κ3) is 4.85. The van der Waals surface area contributed by atoms with Crippen molar-refractivity contribution in [2.24, 2.45) is 0 Å². The molecule has 4 nitrogen and oxygen atoms in total. The van der Waals surface area contributed by atoms with Gasteiger partial charge in [-0.15, -0.1) is 0 Å². The number of hydrogen-bond donors (Lipinski definition) is 1. The van der Waals surface area contributed by atoms with E-state index >= 15 is 0 Å². The molecule has 0 aromatic heterocycles. The maximum Gasteiger partial charge on any atom is 0.126 e. The molecule has 5 heteroatoms. The van der Waals surface area contributed by atoms with Gasteiger partial charge in [0.15, 0.2) is 0 Å². The van der Waals surface area contributed by atoms with Gasteiger partial charge in [0.1, 0.15) is 12.0 Å². The van der Waals surface area contributed by atoms with Gasteiger partial charge in [0.05, 0.1) is 17.3 Å². The standard InChI is InChI=1S/C18H27ClN2O2/c1-2-23-18-13-16(20)15(19)12-14(18)17(8-4-7-11-22)21-9-5-3-6-10-21/h11-13,17H,2-10,20H2,1H3. The third-order valence-electron chi connectivity index (χ3n) is 4.42. The molecular weight excluding hydrogens is 312 g/mol. The Morgan fingerprint density at radius 3 is 2.74 bits per heavy atom. The Balaban J connectivity index is 2.31. The molecule has 1 aliphatic rings. The smallest absolute Gasteiger partial charge is 0.126 e. The van der Waals surface area contributed by atoms with Gasteiger partial charge < -0.3 is 15.3 Å². The fraction of sp³-hybridized carbons (Fsp3) is 0.611. The van der Waals surface area contributed by atoms with Crippen LogP contribution in [-0.2, 0) is 4.79 Å². The molecule has 2 N–H and O–H groups in total. The molecule has 1 unspecified atom stereocenters. The predicted molar refractivity (Wildman–Crippen MR) is 95.1 cm³/mol. The van der Waals surface area contributed by atoms with Gasteiger partial charge in [0.2, 0.25) is 0 Å². The van der Waals surface area contributed by atoms with Gasteiger partial charge >= 0.3 is 0 Å². The summed E-state index contributed by atoms with van der Waals surface area (Å²) >= 11 is 6.28. The van der Waals surface area contributed by atoms with Gasteiger partial charge in [-0.3, -0.25) is 4.90 Å². The van der Waals surface area contributed by atoms with E-state index in [4.69, 9.17) is 22.1 Å². The fourth-order valence-electron chi connectivity index (χ4n) is 3.28. The Labute approximate surface area is 143 Å². The van der Waals surface area contributed by atoms with E-state index < -0.39 is 0 Å². The summed E-state index contributed by atoms with van der Waals surface area (Å²) in [4.78, 5) is 13.2. The van der Waals surface area contributed by atoms with E-state index in [1.807, 2.05) is 19.1 Å². The molecule has 0 radical (unpaired) electrons. The molecule has 2 rings (SSSR count). The van der Waals surface area contributed by atoms with Crippen molar-refractivity contribution < 1.29 is 9.53 Å². The largest absolute Gasteiger partial charge is 0.493 e. The Morgan fingerprint density at radius 1 is 1.35 bits per heavy atom. The molecule has 1 fully saturated rings. The van der Waals surface area contributed by atoms with Crippen LogP contribution >= 0.6 is 11.6 Å². The highest BCUT2D eigenvalue weighted by Crippen LogP contribution is 2.38. The molecule has 0 spiro atoms. The molecule has 1 aromatic carbocycles. The molecule has 1 aliphatic heterocycles. The minimum absolute atomic E-state index is 0.231. The zero-order valence-corrected chi connectivity index (χ0v) is 14.6. The summed E-state index contributed by atoms with van der Waals surface area (Å²) in [6.45, 7) is 4.73. The van der Waals surface area contributed by atoms with Gasteiger partial charge in [-0.2, -0.15) is 0 Å². The first-order valence-electron chi connectivity index (χ1n) is 8.56. The summed E-state index contributed by atoms with van der Waals surface area (Å²) in [6, 6.07) is 4.01. The average molecular weight is 339 g/mol. The SMILES string of the molecule is CCOc1cc(N)c(Cl)cc1C(CCCC=O)N1CCCCC1. The minimum Gasteiger partial charge on any atom is -0.493 e. The van der Waals surface area contributed by atoms with E-state index in [2.05, 4.69) is 4.90 Å². The molecule has 0 bridgehead atoms. The molecule has 1 heterocycles. The Hall–Kier alpha value is -1.26. The number of likely N-dealkylation sites (tertiary alicyclic amines) is 1. The van der Waals surface area contributed by atoms with Crippen LogP contribution in [0.15, 0.2) is 12.1 Å². The summed E-state index contributed by atoms with van der Waals surface area (Å²) in [5, 5.41) is 0.570. The number of carbonyl (C=O) groups is 1. The number of halogens is 1. The predicted octanol–water partition coefficient (Wildman–Crippen LogP) is 4.22. The topological polar surface area (TPSA) is 55.6 Å². The van der Waals surface area contributed by atoms with E-state index in [1.165, 1.54) is 19.3 Å². The summed E-state index contributed by atoms with van der Waals surface area (Å²) in [5.41, 5.74) is 7.59. The fourth-order valence-corrected chi connectivity index (χ4v) is 3.46. The number of nitrogens with zero attached hydrogens (tertiary/aromatic N) is 1. The minimum atomic E-state index is 0.231. The first-order chi connectivity index (χ1) is 11.2. The zero-order valence-electron chi connectivity index (χ0n) is 13.9. The van der Waals surface area contributed by atoms with Gasteiger partial charge in [-0.25, -0.2) is 0 Å². The number of carbonyl (C=O) groups excluding carboxylic acids is 1. The molecule has 0 saturated carbocycles. The molecular formula is C18H27ClN2O2. The molecule has 128 valence electrons. The Bertz CT molecular complexity index is 516. The molecule has 1 aromatic rings. The monoisotopic (exact) mass is 338 g/mol. The Morgan fingerprint density at radius 2 is 2.09 bits per heavy atom. The van der Waals surface area contributed by atoms with Crippen molar-refractivity contribution in [1.29, 1.82) is 0 Å². The van der Waals surface area contributed by atoms with E-state index in [-0.39, 0.29) is 6.04 Å². The number of anilines is 1. The summed E-state index contributed by atoms with van der Waals surface area (Å²) in [5.74, 6) is 0.816. The number of rotatable bonds is 8. The highest BCUT2D eigenvalue weighted by molar-refractivity contribution is 6.33. The van der Waals surface area contributed by atoms with Crippen LogP contribution in [0.5, 0.6) is 5.75 Å². The lowest BCUT2D eigenvalue weighted by Gasteiger charge is -2.36. The number of piperidine rings is 1. The highest BCUT2D eigenvalue weighted by atomic mass is 35.5. The van der Waals surface area contributed by atoms with E-state index in [0.29, 0.717) is 23.7 Å². The maximum absolute atomic E-state index is 10.7. The lowest BCUT2D eigenvalue weighted by molar-refractivity contribution is -0.108. The second kappa shape index (κ2) is 9.14. The summed E-state index contributed by atoms with van der Waals surface area (Å²) in [7, 11) is 0. The highest BCUT2D eigenvalue weighted by Gasteiger charge is 2.25. The summed E-state index contributed by atoms with van der Waals surface area (Å²) < 4.78 is 5.82. The molecule has 1 saturated heterocycles. The second-order valence-corrected chi connectivity index (χ2v) is 6.46. The van der Waals surface area contributed by atoms with Crippen LogP contribution in [0.3, 0.4) is 0 Å². The van der Waals surface area contributed by atoms with E-state index in [9.17, 15) is 4.79 Å². The van der Waals surface area contributed by atoms with Crippen LogP contribution in [0, 0.1) is 0 Å². The van der Waals surface area contributed by atoms with Crippen molar-refractivity contribution in [3.8, 4) is 5.75 Å². The van der Waals surface area contributed by atoms with Gasteiger partial charge in [0.25, 0.3) is 0 Å². The van der Waals surface area contributed by atoms with Gasteiger partial charge in [-0.1, -0.05) is 18.0 Å². The molecule has 0 amide bonds. The van der Waals surface area contributed by atoms with Crippen LogP contribution in [0.1, 0.15) is 57.1 Å². The molecule has 23 heavy (non-hydrogen) atoms. The third-order valence-corrected chi connectivity index (χ3v) is 4.75. The molecule has 0 aliphatic carbocycles. The quantitative estimate of drug-likeness (QED) is 0.438. The van der Waals surface area contributed by atoms with Crippen molar-refractivity contribution in [3.63, 3.8) is 0 Å². The van der Waals surface area contributed by atoms with Crippen molar-refractivity contribution in [1.82, 2.24) is 4.90 Å². The van der Waals surface area contributed by atoms with Crippen molar-refractivity contribution >= 4 is 23.6 Å². The number of aldehydes is 1.